The molecule has 1 amide bonds. The van der Waals surface area contributed by atoms with Crippen LogP contribution in [0.2, 0.25) is 0 Å². The van der Waals surface area contributed by atoms with E-state index in [2.05, 4.69) is 31.0 Å². The van der Waals surface area contributed by atoms with E-state index in [0.717, 1.165) is 48.1 Å². The van der Waals surface area contributed by atoms with Crippen LogP contribution in [0.1, 0.15) is 45.1 Å². The van der Waals surface area contributed by atoms with Crippen LogP contribution in [0.5, 0.6) is 0 Å². The Morgan fingerprint density at radius 2 is 2.00 bits per heavy atom. The van der Waals surface area contributed by atoms with Gasteiger partial charge in [-0.3, -0.25) is 4.79 Å². The highest BCUT2D eigenvalue weighted by Crippen LogP contribution is 2.34. The first-order valence-electron chi connectivity index (χ1n) is 6.90. The quantitative estimate of drug-likeness (QED) is 0.640. The number of hydrogen-bond acceptors (Lipinski definition) is 1. The number of amides is 1. The van der Waals surface area contributed by atoms with Crippen molar-refractivity contribution in [2.45, 2.75) is 39.5 Å². The number of para-hydroxylation sites is 1. The maximum absolute atomic E-state index is 12.1. The molecule has 0 radical (unpaired) electrons. The first-order valence-corrected chi connectivity index (χ1v) is 6.90. The number of allylic oxidation sites excluding steroid dienone is 1. The van der Waals surface area contributed by atoms with E-state index < -0.39 is 0 Å². The molecular formula is C17H19NO. The highest BCUT2D eigenvalue weighted by atomic mass is 16.2. The zero-order valence-electron chi connectivity index (χ0n) is 11.5. The third-order valence-corrected chi connectivity index (χ3v) is 3.09. The molecule has 1 N–H and O–H groups in total. The van der Waals surface area contributed by atoms with Gasteiger partial charge in [0, 0.05) is 23.2 Å². The summed E-state index contributed by atoms with van der Waals surface area (Å²) in [6.45, 7) is 4.22. The van der Waals surface area contributed by atoms with Crippen LogP contribution in [0.15, 0.2) is 29.8 Å². The summed E-state index contributed by atoms with van der Waals surface area (Å²) < 4.78 is 0. The largest absolute Gasteiger partial charge is 0.321 e. The van der Waals surface area contributed by atoms with E-state index >= 15 is 0 Å². The van der Waals surface area contributed by atoms with Crippen LogP contribution in [-0.4, -0.2) is 5.91 Å². The minimum Gasteiger partial charge on any atom is -0.321 e. The normalized spacial score (nSPS) is 15.4. The second-order valence-electron chi connectivity index (χ2n) is 4.66. The Bertz CT molecular complexity index is 572. The predicted molar refractivity (Wildman–Crippen MR) is 79.6 cm³/mol. The van der Waals surface area contributed by atoms with Crippen LogP contribution in [0.4, 0.5) is 5.69 Å². The molecule has 0 aliphatic carbocycles. The molecule has 98 valence electrons. The Balaban J connectivity index is 2.47. The predicted octanol–water partition coefficient (Wildman–Crippen LogP) is 4.00. The Morgan fingerprint density at radius 1 is 1.21 bits per heavy atom. The number of anilines is 1. The lowest BCUT2D eigenvalue weighted by Gasteiger charge is -2.03. The molecule has 2 nitrogen and oxygen atoms in total. The summed E-state index contributed by atoms with van der Waals surface area (Å²) in [4.78, 5) is 12.1. The van der Waals surface area contributed by atoms with E-state index in [9.17, 15) is 4.79 Å². The monoisotopic (exact) mass is 253 g/mol. The lowest BCUT2D eigenvalue weighted by molar-refractivity contribution is -0.110. The number of benzene rings is 1. The number of carbonyl (C=O) groups excluding carboxylic acids is 1. The van der Waals surface area contributed by atoms with E-state index in [1.165, 1.54) is 0 Å². The molecule has 0 unspecified atom stereocenters. The molecule has 0 aromatic heterocycles. The SMILES string of the molecule is CCCC#C/C(CCC)=C1\C(=O)Nc2ccccc21. The first kappa shape index (κ1) is 13.4. The van der Waals surface area contributed by atoms with Gasteiger partial charge in [-0.2, -0.15) is 0 Å². The van der Waals surface area contributed by atoms with Gasteiger partial charge in [0.05, 0.1) is 5.57 Å². The summed E-state index contributed by atoms with van der Waals surface area (Å²) in [5.74, 6) is 6.35. The van der Waals surface area contributed by atoms with Crippen molar-refractivity contribution in [3.8, 4) is 11.8 Å². The maximum Gasteiger partial charge on any atom is 0.257 e. The molecule has 2 rings (SSSR count). The van der Waals surface area contributed by atoms with E-state index in [1.54, 1.807) is 0 Å². The fourth-order valence-electron chi connectivity index (χ4n) is 2.21. The molecule has 1 aromatic rings. The van der Waals surface area contributed by atoms with E-state index in [1.807, 2.05) is 24.3 Å². The highest BCUT2D eigenvalue weighted by Gasteiger charge is 2.26. The fraction of sp³-hybridized carbons (Fsp3) is 0.353. The van der Waals surface area contributed by atoms with Gasteiger partial charge in [-0.05, 0) is 18.9 Å². The number of carbonyl (C=O) groups is 1. The molecule has 1 aromatic carbocycles. The third kappa shape index (κ3) is 2.88. The highest BCUT2D eigenvalue weighted by molar-refractivity contribution is 6.32. The van der Waals surface area contributed by atoms with Crippen LogP contribution in [-0.2, 0) is 4.79 Å². The van der Waals surface area contributed by atoms with Gasteiger partial charge in [-0.15, -0.1) is 0 Å². The molecule has 19 heavy (non-hydrogen) atoms. The Labute approximate surface area is 114 Å². The number of nitrogens with one attached hydrogen (secondary N) is 1. The van der Waals surface area contributed by atoms with Gasteiger partial charge in [0.2, 0.25) is 0 Å². The van der Waals surface area contributed by atoms with Crippen molar-refractivity contribution < 1.29 is 4.79 Å². The number of unbranched alkanes of at least 4 members (excludes halogenated alkanes) is 1. The Hall–Kier alpha value is -2.01. The number of fused-ring (bicyclic) bond motifs is 1. The Kier molecular flexibility index (Phi) is 4.41. The van der Waals surface area contributed by atoms with Crippen LogP contribution in [0.25, 0.3) is 5.57 Å². The van der Waals surface area contributed by atoms with Gasteiger partial charge in [0.1, 0.15) is 0 Å². The van der Waals surface area contributed by atoms with E-state index in [4.69, 9.17) is 0 Å². The molecule has 2 heteroatoms. The van der Waals surface area contributed by atoms with Crippen molar-refractivity contribution in [1.82, 2.24) is 0 Å². The summed E-state index contributed by atoms with van der Waals surface area (Å²) in [6.07, 6.45) is 3.77. The lowest BCUT2D eigenvalue weighted by atomic mass is 9.98. The van der Waals surface area contributed by atoms with Gasteiger partial charge in [-0.25, -0.2) is 0 Å². The zero-order valence-corrected chi connectivity index (χ0v) is 11.5. The van der Waals surface area contributed by atoms with Crippen LogP contribution in [0.3, 0.4) is 0 Å². The van der Waals surface area contributed by atoms with Crippen molar-refractivity contribution in [2.75, 3.05) is 5.32 Å². The minimum absolute atomic E-state index is 0.0181. The average molecular weight is 253 g/mol. The molecule has 1 aliphatic heterocycles. The summed E-state index contributed by atoms with van der Waals surface area (Å²) in [5, 5.41) is 2.91. The summed E-state index contributed by atoms with van der Waals surface area (Å²) in [7, 11) is 0. The van der Waals surface area contributed by atoms with Crippen LogP contribution in [0, 0.1) is 11.8 Å². The molecule has 0 saturated heterocycles. The topological polar surface area (TPSA) is 29.1 Å². The standard InChI is InChI=1S/C17H19NO/c1-3-5-6-10-13(9-4-2)16-14-11-7-8-12-15(14)18-17(16)19/h7-8,11-12H,3-5,9H2,1-2H3,(H,18,19)/b16-13-. The molecule has 0 fully saturated rings. The summed E-state index contributed by atoms with van der Waals surface area (Å²) in [5.41, 5.74) is 3.62. The molecular weight excluding hydrogens is 234 g/mol. The average Bonchev–Trinajstić information content (AvgIpc) is 2.74. The van der Waals surface area contributed by atoms with Gasteiger partial charge in [0.15, 0.2) is 0 Å². The molecule has 0 spiro atoms. The van der Waals surface area contributed by atoms with E-state index in [-0.39, 0.29) is 5.91 Å². The summed E-state index contributed by atoms with van der Waals surface area (Å²) in [6, 6.07) is 7.81. The van der Waals surface area contributed by atoms with Crippen molar-refractivity contribution >= 4 is 17.2 Å². The van der Waals surface area contributed by atoms with Crippen molar-refractivity contribution in [3.05, 3.63) is 35.4 Å². The minimum atomic E-state index is -0.0181. The number of hydrogen-bond donors (Lipinski definition) is 1. The molecule has 0 atom stereocenters. The maximum atomic E-state index is 12.1. The van der Waals surface area contributed by atoms with Gasteiger partial charge in [-0.1, -0.05) is 50.3 Å². The van der Waals surface area contributed by atoms with Crippen LogP contribution < -0.4 is 5.32 Å². The van der Waals surface area contributed by atoms with Crippen molar-refractivity contribution in [1.29, 1.82) is 0 Å². The lowest BCUT2D eigenvalue weighted by Crippen LogP contribution is -2.05. The summed E-state index contributed by atoms with van der Waals surface area (Å²) >= 11 is 0. The second-order valence-corrected chi connectivity index (χ2v) is 4.66. The molecule has 1 aliphatic rings. The molecule has 1 heterocycles. The number of rotatable bonds is 3. The van der Waals surface area contributed by atoms with Crippen molar-refractivity contribution in [2.24, 2.45) is 0 Å². The van der Waals surface area contributed by atoms with E-state index in [0.29, 0.717) is 0 Å². The molecule has 0 saturated carbocycles. The fourth-order valence-corrected chi connectivity index (χ4v) is 2.21. The smallest absolute Gasteiger partial charge is 0.257 e. The van der Waals surface area contributed by atoms with Gasteiger partial charge >= 0.3 is 0 Å². The van der Waals surface area contributed by atoms with Gasteiger partial charge < -0.3 is 5.32 Å². The van der Waals surface area contributed by atoms with Crippen LogP contribution >= 0.6 is 0 Å². The first-order chi connectivity index (χ1) is 9.27. The van der Waals surface area contributed by atoms with Gasteiger partial charge in [0.25, 0.3) is 5.91 Å². The van der Waals surface area contributed by atoms with Crippen molar-refractivity contribution in [3.63, 3.8) is 0 Å². The Morgan fingerprint density at radius 3 is 2.74 bits per heavy atom. The molecule has 0 bridgehead atoms. The zero-order chi connectivity index (χ0) is 13.7. The third-order valence-electron chi connectivity index (χ3n) is 3.09. The second kappa shape index (κ2) is 6.24.